The van der Waals surface area contributed by atoms with Crippen LogP contribution in [0.5, 0.6) is 0 Å². The molecule has 0 aliphatic carbocycles. The minimum absolute atomic E-state index is 0.724. The largest absolute Gasteiger partial charge is 0.297 e. The highest BCUT2D eigenvalue weighted by Gasteiger charge is 2.32. The predicted molar refractivity (Wildman–Crippen MR) is 54.2 cm³/mol. The zero-order chi connectivity index (χ0) is 9.30. The second-order valence-electron chi connectivity index (χ2n) is 4.94. The second kappa shape index (κ2) is 3.78. The van der Waals surface area contributed by atoms with Gasteiger partial charge >= 0.3 is 0 Å². The van der Waals surface area contributed by atoms with E-state index in [9.17, 15) is 0 Å². The van der Waals surface area contributed by atoms with Gasteiger partial charge in [-0.25, -0.2) is 0 Å². The molecule has 0 radical (unpaired) electrons. The minimum atomic E-state index is 0.724. The van der Waals surface area contributed by atoms with Crippen molar-refractivity contribution in [1.82, 2.24) is 4.90 Å². The molecule has 0 aromatic heterocycles. The van der Waals surface area contributed by atoms with Crippen LogP contribution < -0.4 is 0 Å². The molecule has 1 aliphatic heterocycles. The maximum atomic E-state index is 2.66. The Morgan fingerprint density at radius 1 is 1.17 bits per heavy atom. The molecule has 0 N–H and O–H groups in total. The number of hydrogen-bond acceptors (Lipinski definition) is 1. The monoisotopic (exact) mass is 169 g/mol. The van der Waals surface area contributed by atoms with E-state index in [-0.39, 0.29) is 0 Å². The van der Waals surface area contributed by atoms with Gasteiger partial charge in [0, 0.05) is 18.6 Å². The Hall–Kier alpha value is -0.0400. The lowest BCUT2D eigenvalue weighted by Crippen LogP contribution is -2.38. The number of likely N-dealkylation sites (tertiary alicyclic amines) is 1. The molecule has 0 spiro atoms. The first-order valence-corrected chi connectivity index (χ1v) is 5.28. The lowest BCUT2D eigenvalue weighted by atomic mass is 9.98. The first kappa shape index (κ1) is 10.0. The fraction of sp³-hybridized carbons (Fsp3) is 1.00. The Bertz CT molecular complexity index is 124. The molecule has 1 heterocycles. The maximum Gasteiger partial charge on any atom is 0.0124 e. The van der Waals surface area contributed by atoms with Gasteiger partial charge in [0.25, 0.3) is 0 Å². The molecule has 1 fully saturated rings. The molecule has 12 heavy (non-hydrogen) atoms. The summed E-state index contributed by atoms with van der Waals surface area (Å²) < 4.78 is 0. The quantitative estimate of drug-likeness (QED) is 0.614. The molecule has 72 valence electrons. The fourth-order valence-electron chi connectivity index (χ4n) is 2.37. The van der Waals surface area contributed by atoms with Gasteiger partial charge in [0.05, 0.1) is 0 Å². The van der Waals surface area contributed by atoms with Gasteiger partial charge in [0.2, 0.25) is 0 Å². The van der Waals surface area contributed by atoms with Gasteiger partial charge in [-0.1, -0.05) is 20.8 Å². The molecule has 0 saturated carbocycles. The van der Waals surface area contributed by atoms with Crippen molar-refractivity contribution < 1.29 is 0 Å². The molecule has 0 aromatic carbocycles. The summed E-state index contributed by atoms with van der Waals surface area (Å²) in [4.78, 5) is 2.66. The highest BCUT2D eigenvalue weighted by molar-refractivity contribution is 4.86. The molecule has 0 unspecified atom stereocenters. The molecule has 0 amide bonds. The van der Waals surface area contributed by atoms with Crippen LogP contribution in [0.4, 0.5) is 0 Å². The third-order valence-electron chi connectivity index (χ3n) is 3.03. The average molecular weight is 169 g/mol. The lowest BCUT2D eigenvalue weighted by molar-refractivity contribution is 0.164. The molecular formula is C11H23N. The SMILES string of the molecule is CC(C)[C@@H]1C[C@H](C)CN1C(C)C. The highest BCUT2D eigenvalue weighted by Crippen LogP contribution is 2.29. The highest BCUT2D eigenvalue weighted by atomic mass is 15.2. The van der Waals surface area contributed by atoms with Crippen molar-refractivity contribution in [2.75, 3.05) is 6.54 Å². The van der Waals surface area contributed by atoms with Gasteiger partial charge < -0.3 is 0 Å². The van der Waals surface area contributed by atoms with Crippen LogP contribution in [0.15, 0.2) is 0 Å². The van der Waals surface area contributed by atoms with Crippen molar-refractivity contribution in [3.63, 3.8) is 0 Å². The Morgan fingerprint density at radius 2 is 1.75 bits per heavy atom. The molecule has 1 nitrogen and oxygen atoms in total. The van der Waals surface area contributed by atoms with Crippen LogP contribution in [-0.4, -0.2) is 23.5 Å². The van der Waals surface area contributed by atoms with Crippen molar-refractivity contribution in [2.24, 2.45) is 11.8 Å². The van der Waals surface area contributed by atoms with Crippen LogP contribution in [0.3, 0.4) is 0 Å². The van der Waals surface area contributed by atoms with Crippen molar-refractivity contribution in [1.29, 1.82) is 0 Å². The van der Waals surface area contributed by atoms with E-state index in [4.69, 9.17) is 0 Å². The van der Waals surface area contributed by atoms with Crippen molar-refractivity contribution in [3.8, 4) is 0 Å². The van der Waals surface area contributed by atoms with Gasteiger partial charge in [-0.3, -0.25) is 4.90 Å². The van der Waals surface area contributed by atoms with Crippen molar-refractivity contribution >= 4 is 0 Å². The summed E-state index contributed by atoms with van der Waals surface area (Å²) in [5, 5.41) is 0. The van der Waals surface area contributed by atoms with E-state index in [1.54, 1.807) is 0 Å². The molecule has 2 atom stereocenters. The Morgan fingerprint density at radius 3 is 2.08 bits per heavy atom. The van der Waals surface area contributed by atoms with E-state index < -0.39 is 0 Å². The Kier molecular flexibility index (Phi) is 3.16. The Balaban J connectivity index is 2.59. The molecule has 1 rings (SSSR count). The third kappa shape index (κ3) is 2.01. The summed E-state index contributed by atoms with van der Waals surface area (Å²) >= 11 is 0. The summed E-state index contributed by atoms with van der Waals surface area (Å²) in [6, 6.07) is 1.56. The van der Waals surface area contributed by atoms with E-state index in [1.165, 1.54) is 13.0 Å². The van der Waals surface area contributed by atoms with Crippen molar-refractivity contribution in [2.45, 2.75) is 53.1 Å². The van der Waals surface area contributed by atoms with Crippen LogP contribution in [0.25, 0.3) is 0 Å². The van der Waals surface area contributed by atoms with Crippen LogP contribution in [-0.2, 0) is 0 Å². The van der Waals surface area contributed by atoms with Gasteiger partial charge in [-0.05, 0) is 32.1 Å². The summed E-state index contributed by atoms with van der Waals surface area (Å²) in [6.07, 6.45) is 1.40. The first-order valence-electron chi connectivity index (χ1n) is 5.28. The molecule has 1 aliphatic rings. The van der Waals surface area contributed by atoms with E-state index in [0.29, 0.717) is 0 Å². The predicted octanol–water partition coefficient (Wildman–Crippen LogP) is 2.76. The van der Waals surface area contributed by atoms with Crippen molar-refractivity contribution in [3.05, 3.63) is 0 Å². The Labute approximate surface area is 77.1 Å². The van der Waals surface area contributed by atoms with Crippen LogP contribution in [0.1, 0.15) is 41.0 Å². The minimum Gasteiger partial charge on any atom is -0.297 e. The van der Waals surface area contributed by atoms with Crippen LogP contribution in [0.2, 0.25) is 0 Å². The van der Waals surface area contributed by atoms with Gasteiger partial charge in [0.15, 0.2) is 0 Å². The standard InChI is InChI=1S/C11H23N/c1-8(2)11-6-10(5)7-12(11)9(3)4/h8-11H,6-7H2,1-5H3/t10-,11-/m0/s1. The van der Waals surface area contributed by atoms with Gasteiger partial charge in [0.1, 0.15) is 0 Å². The zero-order valence-corrected chi connectivity index (χ0v) is 9.17. The number of hydrogen-bond donors (Lipinski definition) is 0. The van der Waals surface area contributed by atoms with E-state index in [1.807, 2.05) is 0 Å². The summed E-state index contributed by atoms with van der Waals surface area (Å²) in [7, 11) is 0. The summed E-state index contributed by atoms with van der Waals surface area (Å²) in [5.74, 6) is 1.72. The number of rotatable bonds is 2. The average Bonchev–Trinajstić information content (AvgIpc) is 2.31. The normalized spacial score (nSPS) is 32.2. The van der Waals surface area contributed by atoms with Gasteiger partial charge in [-0.2, -0.15) is 0 Å². The molecule has 1 heteroatoms. The van der Waals surface area contributed by atoms with E-state index in [0.717, 1.165) is 23.9 Å². The second-order valence-corrected chi connectivity index (χ2v) is 4.94. The van der Waals surface area contributed by atoms with E-state index in [2.05, 4.69) is 39.5 Å². The first-order chi connectivity index (χ1) is 5.52. The molecule has 1 saturated heterocycles. The smallest absolute Gasteiger partial charge is 0.0124 e. The lowest BCUT2D eigenvalue weighted by Gasteiger charge is -2.30. The maximum absolute atomic E-state index is 2.66. The van der Waals surface area contributed by atoms with Crippen LogP contribution >= 0.6 is 0 Å². The van der Waals surface area contributed by atoms with Crippen LogP contribution in [0, 0.1) is 11.8 Å². The number of nitrogens with zero attached hydrogens (tertiary/aromatic N) is 1. The zero-order valence-electron chi connectivity index (χ0n) is 9.17. The molecule has 0 aromatic rings. The summed E-state index contributed by atoms with van der Waals surface area (Å²) in [6.45, 7) is 13.0. The van der Waals surface area contributed by atoms with E-state index >= 15 is 0 Å². The third-order valence-corrected chi connectivity index (χ3v) is 3.03. The van der Waals surface area contributed by atoms with Gasteiger partial charge in [-0.15, -0.1) is 0 Å². The summed E-state index contributed by atoms with van der Waals surface area (Å²) in [5.41, 5.74) is 0. The molecule has 0 bridgehead atoms. The fourth-order valence-corrected chi connectivity index (χ4v) is 2.37. The topological polar surface area (TPSA) is 3.24 Å². The molecular weight excluding hydrogens is 146 g/mol.